The lowest BCUT2D eigenvalue weighted by Gasteiger charge is -2.18. The third-order valence-corrected chi connectivity index (χ3v) is 2.83. The zero-order chi connectivity index (χ0) is 13.3. The largest absolute Gasteiger partial charge is 0.411 e. The van der Waals surface area contributed by atoms with Gasteiger partial charge in [-0.25, -0.2) is 10.9 Å². The van der Waals surface area contributed by atoms with Gasteiger partial charge in [0.15, 0.2) is 6.04 Å². The Balaban J connectivity index is 2.31. The summed E-state index contributed by atoms with van der Waals surface area (Å²) in [5.74, 6) is 0. The standard InChI is InChI=1S/C10H10F3N3O2/c11-10(12,13)9-8(16(17)18)7(14-15-9)6-4-2-1-3-5-6/h1-5,7-9,14-15H. The minimum absolute atomic E-state index is 0.443. The Kier molecular flexibility index (Phi) is 3.22. The van der Waals surface area contributed by atoms with Crippen LogP contribution in [0.1, 0.15) is 11.6 Å². The smallest absolute Gasteiger partial charge is 0.264 e. The van der Waals surface area contributed by atoms with Crippen LogP contribution in [-0.2, 0) is 0 Å². The second kappa shape index (κ2) is 4.54. The monoisotopic (exact) mass is 261 g/mol. The van der Waals surface area contributed by atoms with Gasteiger partial charge in [-0.3, -0.25) is 10.1 Å². The molecule has 1 heterocycles. The fourth-order valence-corrected chi connectivity index (χ4v) is 2.00. The highest BCUT2D eigenvalue weighted by Gasteiger charge is 2.58. The first-order chi connectivity index (χ1) is 8.41. The molecular weight excluding hydrogens is 251 g/mol. The molecule has 0 saturated carbocycles. The summed E-state index contributed by atoms with van der Waals surface area (Å²) >= 11 is 0. The van der Waals surface area contributed by atoms with E-state index in [0.717, 1.165) is 0 Å². The molecule has 1 aromatic rings. The number of hydrogen-bond donors (Lipinski definition) is 2. The van der Waals surface area contributed by atoms with Crippen LogP contribution in [0.4, 0.5) is 13.2 Å². The van der Waals surface area contributed by atoms with E-state index >= 15 is 0 Å². The molecule has 2 N–H and O–H groups in total. The fraction of sp³-hybridized carbons (Fsp3) is 0.400. The molecule has 98 valence electrons. The second-order valence-electron chi connectivity index (χ2n) is 3.97. The van der Waals surface area contributed by atoms with Crippen molar-refractivity contribution < 1.29 is 18.1 Å². The Labute approximate surface area is 100 Å². The Morgan fingerprint density at radius 1 is 1.17 bits per heavy atom. The van der Waals surface area contributed by atoms with Gasteiger partial charge in [-0.05, 0) is 5.56 Å². The molecule has 1 saturated heterocycles. The Morgan fingerprint density at radius 2 is 1.78 bits per heavy atom. The van der Waals surface area contributed by atoms with Gasteiger partial charge in [0.2, 0.25) is 0 Å². The van der Waals surface area contributed by atoms with Crippen LogP contribution in [0.25, 0.3) is 0 Å². The van der Waals surface area contributed by atoms with Crippen LogP contribution in [0.3, 0.4) is 0 Å². The maximum atomic E-state index is 12.7. The molecule has 3 unspecified atom stereocenters. The molecular formula is C10H10F3N3O2. The molecule has 2 rings (SSSR count). The van der Waals surface area contributed by atoms with Crippen molar-refractivity contribution in [2.24, 2.45) is 0 Å². The highest BCUT2D eigenvalue weighted by Crippen LogP contribution is 2.33. The minimum Gasteiger partial charge on any atom is -0.264 e. The SMILES string of the molecule is O=[N+]([O-])C1C(c2ccccc2)NNC1C(F)(F)F. The van der Waals surface area contributed by atoms with Crippen LogP contribution in [0.5, 0.6) is 0 Å². The van der Waals surface area contributed by atoms with Crippen LogP contribution < -0.4 is 10.9 Å². The fourth-order valence-electron chi connectivity index (χ4n) is 2.00. The maximum absolute atomic E-state index is 12.7. The number of hydrogen-bond acceptors (Lipinski definition) is 4. The van der Waals surface area contributed by atoms with Crippen LogP contribution in [-0.4, -0.2) is 23.2 Å². The van der Waals surface area contributed by atoms with Gasteiger partial charge in [0, 0.05) is 4.92 Å². The number of alkyl halides is 3. The highest BCUT2D eigenvalue weighted by molar-refractivity contribution is 5.22. The number of halogens is 3. The lowest BCUT2D eigenvalue weighted by Crippen LogP contribution is -2.48. The molecule has 1 aliphatic heterocycles. The van der Waals surface area contributed by atoms with E-state index in [-0.39, 0.29) is 0 Å². The molecule has 1 fully saturated rings. The van der Waals surface area contributed by atoms with Crippen molar-refractivity contribution in [2.75, 3.05) is 0 Å². The lowest BCUT2D eigenvalue weighted by atomic mass is 9.97. The van der Waals surface area contributed by atoms with E-state index < -0.39 is 29.2 Å². The molecule has 18 heavy (non-hydrogen) atoms. The first kappa shape index (κ1) is 12.8. The molecule has 1 aromatic carbocycles. The molecule has 1 aliphatic rings. The second-order valence-corrected chi connectivity index (χ2v) is 3.97. The van der Waals surface area contributed by atoms with Crippen LogP contribution in [0, 0.1) is 10.1 Å². The predicted octanol–water partition coefficient (Wildman–Crippen LogP) is 1.41. The van der Waals surface area contributed by atoms with Gasteiger partial charge < -0.3 is 0 Å². The van der Waals surface area contributed by atoms with Crippen molar-refractivity contribution in [3.05, 3.63) is 46.0 Å². The number of rotatable bonds is 2. The van der Waals surface area contributed by atoms with Crippen molar-refractivity contribution in [3.63, 3.8) is 0 Å². The van der Waals surface area contributed by atoms with E-state index in [4.69, 9.17) is 0 Å². The first-order valence-electron chi connectivity index (χ1n) is 5.17. The minimum atomic E-state index is -4.67. The van der Waals surface area contributed by atoms with Crippen molar-refractivity contribution in [2.45, 2.75) is 24.3 Å². The molecule has 0 spiro atoms. The summed E-state index contributed by atoms with van der Waals surface area (Å²) in [6, 6.07) is 3.04. The van der Waals surface area contributed by atoms with E-state index in [1.807, 2.05) is 5.43 Å². The van der Waals surface area contributed by atoms with Gasteiger partial charge in [-0.1, -0.05) is 30.3 Å². The molecule has 0 aromatic heterocycles. The van der Waals surface area contributed by atoms with E-state index in [1.54, 1.807) is 30.3 Å². The third-order valence-electron chi connectivity index (χ3n) is 2.83. The zero-order valence-corrected chi connectivity index (χ0v) is 9.02. The van der Waals surface area contributed by atoms with Crippen molar-refractivity contribution in [1.29, 1.82) is 0 Å². The number of hydrazine groups is 1. The van der Waals surface area contributed by atoms with E-state index in [2.05, 4.69) is 5.43 Å². The zero-order valence-electron chi connectivity index (χ0n) is 9.02. The summed E-state index contributed by atoms with van der Waals surface area (Å²) in [6.45, 7) is 0. The van der Waals surface area contributed by atoms with Gasteiger partial charge in [0.1, 0.15) is 6.04 Å². The Bertz CT molecular complexity index is 438. The van der Waals surface area contributed by atoms with Gasteiger partial charge in [0.25, 0.3) is 6.04 Å². The molecule has 0 aliphatic carbocycles. The van der Waals surface area contributed by atoms with Crippen LogP contribution in [0.2, 0.25) is 0 Å². The van der Waals surface area contributed by atoms with Crippen molar-refractivity contribution in [1.82, 2.24) is 10.9 Å². The average Bonchev–Trinajstić information content (AvgIpc) is 2.74. The summed E-state index contributed by atoms with van der Waals surface area (Å²) in [5.41, 5.74) is 4.75. The van der Waals surface area contributed by atoms with Crippen LogP contribution in [0.15, 0.2) is 30.3 Å². The van der Waals surface area contributed by atoms with Gasteiger partial charge in [-0.2, -0.15) is 13.2 Å². The Morgan fingerprint density at radius 3 is 2.28 bits per heavy atom. The lowest BCUT2D eigenvalue weighted by molar-refractivity contribution is -0.533. The molecule has 5 nitrogen and oxygen atoms in total. The number of nitrogens with one attached hydrogen (secondary N) is 2. The Hall–Kier alpha value is -1.67. The molecule has 8 heteroatoms. The number of benzene rings is 1. The highest BCUT2D eigenvalue weighted by atomic mass is 19.4. The quantitative estimate of drug-likeness (QED) is 0.624. The maximum Gasteiger partial charge on any atom is 0.411 e. The van der Waals surface area contributed by atoms with Gasteiger partial charge in [0.05, 0.1) is 0 Å². The third kappa shape index (κ3) is 2.29. The van der Waals surface area contributed by atoms with Gasteiger partial charge >= 0.3 is 6.18 Å². The van der Waals surface area contributed by atoms with Crippen LogP contribution >= 0.6 is 0 Å². The van der Waals surface area contributed by atoms with E-state index in [9.17, 15) is 23.3 Å². The molecule has 0 amide bonds. The predicted molar refractivity (Wildman–Crippen MR) is 56.1 cm³/mol. The average molecular weight is 261 g/mol. The molecule has 3 atom stereocenters. The van der Waals surface area contributed by atoms with Crippen molar-refractivity contribution in [3.8, 4) is 0 Å². The van der Waals surface area contributed by atoms with Crippen molar-refractivity contribution >= 4 is 0 Å². The summed E-state index contributed by atoms with van der Waals surface area (Å²) in [7, 11) is 0. The normalized spacial score (nSPS) is 28.3. The molecule has 0 radical (unpaired) electrons. The van der Waals surface area contributed by atoms with Gasteiger partial charge in [-0.15, -0.1) is 0 Å². The molecule has 0 bridgehead atoms. The number of nitrogens with zero attached hydrogens (tertiary/aromatic N) is 1. The van der Waals surface area contributed by atoms with E-state index in [1.165, 1.54) is 0 Å². The first-order valence-corrected chi connectivity index (χ1v) is 5.17. The summed E-state index contributed by atoms with van der Waals surface area (Å²) in [4.78, 5) is 9.97. The summed E-state index contributed by atoms with van der Waals surface area (Å²) < 4.78 is 38.0. The summed E-state index contributed by atoms with van der Waals surface area (Å²) in [6.07, 6.45) is -4.67. The summed E-state index contributed by atoms with van der Waals surface area (Å²) in [5, 5.41) is 10.9. The topological polar surface area (TPSA) is 67.2 Å². The van der Waals surface area contributed by atoms with E-state index in [0.29, 0.717) is 5.56 Å². The number of nitro groups is 1.